The van der Waals surface area contributed by atoms with Crippen LogP contribution in [-0.2, 0) is 42.9 Å². The minimum Gasteiger partial charge on any atom is -0.490 e. The molecule has 5 N–H and O–H groups in total. The van der Waals surface area contributed by atoms with Gasteiger partial charge in [-0.2, -0.15) is 0 Å². The second kappa shape index (κ2) is 19.9. The number of carbonyl (C=O) groups excluding carboxylic acids is 6. The average Bonchev–Trinajstić information content (AvgIpc) is 4.21. The lowest BCUT2D eigenvalue weighted by Crippen LogP contribution is -2.63. The Balaban J connectivity index is 0.657. The first kappa shape index (κ1) is 52.8. The van der Waals surface area contributed by atoms with Gasteiger partial charge in [-0.1, -0.05) is 86.2 Å². The molecular weight excluding hydrogens is 983 g/mol. The molecule has 0 bridgehead atoms. The van der Waals surface area contributed by atoms with Gasteiger partial charge >= 0.3 is 12.1 Å². The molecule has 7 aliphatic carbocycles. The van der Waals surface area contributed by atoms with E-state index >= 15 is 0 Å². The largest absolute Gasteiger partial charge is 0.490 e. The number of esters is 1. The van der Waals surface area contributed by atoms with Crippen LogP contribution in [-0.4, -0.2) is 107 Å². The van der Waals surface area contributed by atoms with Crippen molar-refractivity contribution in [1.29, 1.82) is 0 Å². The van der Waals surface area contributed by atoms with Gasteiger partial charge in [-0.15, -0.1) is 0 Å². The van der Waals surface area contributed by atoms with Gasteiger partial charge in [-0.3, -0.25) is 24.0 Å². The predicted molar refractivity (Wildman–Crippen MR) is 281 cm³/mol. The zero-order valence-electron chi connectivity index (χ0n) is 44.5. The highest BCUT2D eigenvalue weighted by Gasteiger charge is 2.76. The van der Waals surface area contributed by atoms with Crippen LogP contribution in [0, 0.1) is 34.0 Å². The van der Waals surface area contributed by atoms with E-state index in [-0.39, 0.29) is 66.5 Å². The van der Waals surface area contributed by atoms with Crippen LogP contribution in [0.4, 0.5) is 4.79 Å². The molecule has 1 saturated heterocycles. The minimum atomic E-state index is -1.45. The Morgan fingerprint density at radius 3 is 2.26 bits per heavy atom. The van der Waals surface area contributed by atoms with Crippen LogP contribution in [0.1, 0.15) is 128 Å². The molecule has 0 radical (unpaired) electrons. The van der Waals surface area contributed by atoms with Crippen molar-refractivity contribution in [2.75, 3.05) is 19.8 Å². The minimum absolute atomic E-state index is 0.00189. The van der Waals surface area contributed by atoms with Gasteiger partial charge in [0.05, 0.1) is 18.3 Å². The van der Waals surface area contributed by atoms with Crippen molar-refractivity contribution in [3.05, 3.63) is 113 Å². The number of nitrogens with one attached hydrogen (secondary N) is 3. The first-order valence-electron chi connectivity index (χ1n) is 27.5. The molecule has 3 aromatic rings. The molecular formula is C61H71N3O13. The van der Waals surface area contributed by atoms with Crippen molar-refractivity contribution < 1.29 is 62.7 Å². The molecule has 408 valence electrons. The number of alkyl carbamates (subject to hydrolysis) is 1. The van der Waals surface area contributed by atoms with Crippen LogP contribution in [0.3, 0.4) is 0 Å². The molecule has 16 nitrogen and oxygen atoms in total. The molecule has 6 fully saturated rings. The number of amides is 3. The fourth-order valence-corrected chi connectivity index (χ4v) is 15.4. The summed E-state index contributed by atoms with van der Waals surface area (Å²) in [6.07, 6.45) is 7.54. The van der Waals surface area contributed by atoms with Gasteiger partial charge in [-0.25, -0.2) is 4.79 Å². The molecule has 77 heavy (non-hydrogen) atoms. The highest BCUT2D eigenvalue weighted by atomic mass is 16.7. The van der Waals surface area contributed by atoms with E-state index in [1.807, 2.05) is 85.8 Å². The van der Waals surface area contributed by atoms with E-state index in [0.29, 0.717) is 24.2 Å². The highest BCUT2D eigenvalue weighted by molar-refractivity contribution is 6.01. The number of carbonyl (C=O) groups is 6. The van der Waals surface area contributed by atoms with Gasteiger partial charge in [0.1, 0.15) is 37.2 Å². The summed E-state index contributed by atoms with van der Waals surface area (Å²) in [5.41, 5.74) is 2.63. The Kier molecular flexibility index (Phi) is 13.7. The maximum Gasteiger partial charge on any atom is 0.407 e. The zero-order valence-corrected chi connectivity index (χ0v) is 44.5. The average molecular weight is 1050 g/mol. The topological polar surface area (TPSA) is 225 Å². The number of aliphatic hydroxyl groups excluding tert-OH is 2. The summed E-state index contributed by atoms with van der Waals surface area (Å²) in [4.78, 5) is 78.9. The van der Waals surface area contributed by atoms with E-state index in [1.54, 1.807) is 32.9 Å². The SMILES string of the molecule is CC(C)(C)OC(=O)CC[C@H](NC(=O)CNC(=O)OCC1c2ccccc2-c2ccccc21)C(=O)NC1CC2(C1)CC(Oc1ccc([C@@H]3O[C@@H]4C[C@H]5[C@@H]6CCC7=CC(=O)C=C[C@]7(C)[C@H]6[C@@H](O)C[C@]5(C)C4(C(=O)CO)O3)cc1)C2. The smallest absolute Gasteiger partial charge is 0.407 e. The lowest BCUT2D eigenvalue weighted by molar-refractivity contribution is -0.201. The third kappa shape index (κ3) is 9.50. The second-order valence-electron chi connectivity index (χ2n) is 24.6. The summed E-state index contributed by atoms with van der Waals surface area (Å²) in [5.74, 6) is -1.56. The van der Waals surface area contributed by atoms with Gasteiger partial charge in [0, 0.05) is 40.7 Å². The molecule has 8 aliphatic rings. The van der Waals surface area contributed by atoms with E-state index in [4.69, 9.17) is 23.7 Å². The van der Waals surface area contributed by atoms with E-state index in [0.717, 1.165) is 66.4 Å². The highest BCUT2D eigenvalue weighted by Crippen LogP contribution is 2.70. The monoisotopic (exact) mass is 1050 g/mol. The van der Waals surface area contributed by atoms with Gasteiger partial charge in [0.15, 0.2) is 23.5 Å². The number of hydrogen-bond acceptors (Lipinski definition) is 13. The van der Waals surface area contributed by atoms with Gasteiger partial charge in [0.25, 0.3) is 0 Å². The third-order valence-corrected chi connectivity index (χ3v) is 18.7. The summed E-state index contributed by atoms with van der Waals surface area (Å²) >= 11 is 0. The van der Waals surface area contributed by atoms with Crippen LogP contribution in [0.25, 0.3) is 11.1 Å². The lowest BCUT2D eigenvalue weighted by atomic mass is 9.46. The molecule has 1 aliphatic heterocycles. The number of benzene rings is 3. The number of aliphatic hydroxyl groups is 2. The molecule has 10 atom stereocenters. The number of rotatable bonds is 15. The first-order chi connectivity index (χ1) is 36.7. The summed E-state index contributed by atoms with van der Waals surface area (Å²) in [6.45, 7) is 8.34. The number of hydrogen-bond donors (Lipinski definition) is 5. The summed E-state index contributed by atoms with van der Waals surface area (Å²) in [7, 11) is 0. The first-order valence-corrected chi connectivity index (χ1v) is 27.5. The number of Topliss-reactive ketones (excluding diaryl/α,β-unsaturated/α-hetero) is 1. The molecule has 3 amide bonds. The molecule has 3 aromatic carbocycles. The Morgan fingerprint density at radius 2 is 1.58 bits per heavy atom. The molecule has 5 saturated carbocycles. The molecule has 1 unspecified atom stereocenters. The van der Waals surface area contributed by atoms with Gasteiger partial charge in [-0.05, 0) is 142 Å². The fraction of sp³-hybridized carbons (Fsp3) is 0.541. The third-order valence-electron chi connectivity index (χ3n) is 18.7. The Bertz CT molecular complexity index is 2870. The molecule has 1 heterocycles. The normalized spacial score (nSPS) is 33.5. The van der Waals surface area contributed by atoms with Gasteiger partial charge < -0.3 is 49.8 Å². The molecule has 0 aromatic heterocycles. The molecule has 1 spiro atoms. The maximum absolute atomic E-state index is 14.0. The Labute approximate surface area is 449 Å². The lowest BCUT2D eigenvalue weighted by Gasteiger charge is -2.59. The van der Waals surface area contributed by atoms with E-state index in [9.17, 15) is 39.0 Å². The van der Waals surface area contributed by atoms with Crippen molar-refractivity contribution >= 4 is 35.4 Å². The number of fused-ring (bicyclic) bond motifs is 10. The Morgan fingerprint density at radius 1 is 0.896 bits per heavy atom. The maximum atomic E-state index is 14.0. The van der Waals surface area contributed by atoms with E-state index < -0.39 is 89.4 Å². The fourth-order valence-electron chi connectivity index (χ4n) is 15.4. The van der Waals surface area contributed by atoms with Crippen molar-refractivity contribution in [3.8, 4) is 16.9 Å². The van der Waals surface area contributed by atoms with Crippen LogP contribution in [0.5, 0.6) is 5.75 Å². The molecule has 11 rings (SSSR count). The predicted octanol–water partition coefficient (Wildman–Crippen LogP) is 7.24. The van der Waals surface area contributed by atoms with Gasteiger partial charge in [0.2, 0.25) is 11.8 Å². The van der Waals surface area contributed by atoms with E-state index in [2.05, 4.69) is 22.9 Å². The van der Waals surface area contributed by atoms with Crippen molar-refractivity contribution in [3.63, 3.8) is 0 Å². The van der Waals surface area contributed by atoms with Crippen LogP contribution >= 0.6 is 0 Å². The van der Waals surface area contributed by atoms with Crippen molar-refractivity contribution in [2.45, 2.75) is 153 Å². The summed E-state index contributed by atoms with van der Waals surface area (Å²) in [5, 5.41) is 30.7. The second-order valence-corrected chi connectivity index (χ2v) is 24.6. The van der Waals surface area contributed by atoms with Crippen LogP contribution < -0.4 is 20.7 Å². The molecule has 16 heteroatoms. The quantitative estimate of drug-likeness (QED) is 0.0948. The van der Waals surface area contributed by atoms with Crippen LogP contribution in [0.15, 0.2) is 96.6 Å². The zero-order chi connectivity index (χ0) is 54.2. The summed E-state index contributed by atoms with van der Waals surface area (Å²) < 4.78 is 30.9. The van der Waals surface area contributed by atoms with Crippen molar-refractivity contribution in [2.24, 2.45) is 34.0 Å². The van der Waals surface area contributed by atoms with E-state index in [1.165, 1.54) is 0 Å². The number of ether oxygens (including phenoxy) is 5. The standard InChI is InChI=1S/C61H71N3O13/c1-57(2,3)76-52(70)21-20-47(64-51(69)31-62-56(72)73-33-45-42-12-8-6-10-40(42)41-11-7-9-13-43(41)45)54(71)63-36-26-60(27-36)28-39(29-60)74-38-17-14-34(15-18-38)55-75-50-25-46-44-19-16-35-24-37(66)22-23-58(35,4)53(44)48(67)30-59(46,5)61(50,77-55)49(68)32-65/h6-15,17-18,22-24,36,39,44-48,50,53,55,65,67H,16,19-21,25-33H2,1-5H3,(H,62,72)(H,63,71)(H,64,69)/t36?,39?,44-,46-,47-,48-,50+,53+,55+,58-,59-,60?,61?/m0/s1. The van der Waals surface area contributed by atoms with Crippen LogP contribution in [0.2, 0.25) is 0 Å². The summed E-state index contributed by atoms with van der Waals surface area (Å²) in [6, 6.07) is 22.3. The Hall–Kier alpha value is -6.20. The number of allylic oxidation sites excluding steroid dienone is 4. The number of ketones is 2. The van der Waals surface area contributed by atoms with Crippen molar-refractivity contribution in [1.82, 2.24) is 16.0 Å².